The molecule has 2 rings (SSSR count). The van der Waals surface area contributed by atoms with Gasteiger partial charge in [-0.15, -0.1) is 0 Å². The van der Waals surface area contributed by atoms with E-state index in [1.54, 1.807) is 37.3 Å². The van der Waals surface area contributed by atoms with Crippen molar-refractivity contribution in [2.45, 2.75) is 26.5 Å². The molecule has 0 N–H and O–H groups in total. The van der Waals surface area contributed by atoms with Crippen molar-refractivity contribution in [3.63, 3.8) is 0 Å². The van der Waals surface area contributed by atoms with Gasteiger partial charge in [0.2, 0.25) is 0 Å². The number of methoxy groups -OCH3 is 1. The molecule has 0 unspecified atom stereocenters. The van der Waals surface area contributed by atoms with Crippen LogP contribution in [0.2, 0.25) is 0 Å². The Morgan fingerprint density at radius 2 is 1.79 bits per heavy atom. The Bertz CT molecular complexity index is 698. The second kappa shape index (κ2) is 8.20. The molecule has 2 aromatic carbocycles. The van der Waals surface area contributed by atoms with Crippen LogP contribution in [0.1, 0.15) is 29.8 Å². The van der Waals surface area contributed by atoms with E-state index in [9.17, 15) is 4.79 Å². The summed E-state index contributed by atoms with van der Waals surface area (Å²) in [6.07, 6.45) is 0.0422. The van der Waals surface area contributed by atoms with Gasteiger partial charge < -0.3 is 14.4 Å². The Morgan fingerprint density at radius 1 is 1.12 bits per heavy atom. The Kier molecular flexibility index (Phi) is 6.26. The number of ether oxygens (including phenoxy) is 2. The van der Waals surface area contributed by atoms with Crippen LogP contribution in [0.4, 0.5) is 0 Å². The molecule has 0 aliphatic carbocycles. The van der Waals surface area contributed by atoms with E-state index in [-0.39, 0.29) is 12.0 Å². The largest absolute Gasteiger partial charge is 0.493 e. The van der Waals surface area contributed by atoms with Gasteiger partial charge in [0.05, 0.1) is 13.2 Å². The Hall–Kier alpha value is -2.01. The molecule has 128 valence electrons. The molecular formula is C19H22BrNO3. The van der Waals surface area contributed by atoms with E-state index in [2.05, 4.69) is 15.9 Å². The second-order valence-corrected chi connectivity index (χ2v) is 6.74. The summed E-state index contributed by atoms with van der Waals surface area (Å²) in [7, 11) is 3.36. The van der Waals surface area contributed by atoms with Crippen LogP contribution in [0, 0.1) is 0 Å². The highest BCUT2D eigenvalue weighted by Crippen LogP contribution is 2.29. The van der Waals surface area contributed by atoms with Gasteiger partial charge in [0, 0.05) is 23.6 Å². The van der Waals surface area contributed by atoms with Crippen molar-refractivity contribution in [1.82, 2.24) is 4.90 Å². The molecule has 0 fully saturated rings. The van der Waals surface area contributed by atoms with E-state index >= 15 is 0 Å². The number of amides is 1. The molecule has 0 aliphatic heterocycles. The second-order valence-electron chi connectivity index (χ2n) is 5.82. The van der Waals surface area contributed by atoms with Gasteiger partial charge in [-0.2, -0.15) is 0 Å². The van der Waals surface area contributed by atoms with Gasteiger partial charge in [-0.1, -0.05) is 28.1 Å². The van der Waals surface area contributed by atoms with Crippen LogP contribution in [-0.2, 0) is 6.54 Å². The zero-order chi connectivity index (χ0) is 17.7. The predicted molar refractivity (Wildman–Crippen MR) is 98.7 cm³/mol. The molecule has 2 aromatic rings. The summed E-state index contributed by atoms with van der Waals surface area (Å²) in [5.41, 5.74) is 1.64. The molecule has 5 heteroatoms. The normalized spacial score (nSPS) is 10.6. The smallest absolute Gasteiger partial charge is 0.254 e. The van der Waals surface area contributed by atoms with Crippen molar-refractivity contribution in [1.29, 1.82) is 0 Å². The number of hydrogen-bond donors (Lipinski definition) is 0. The molecule has 0 heterocycles. The first-order valence-electron chi connectivity index (χ1n) is 7.75. The van der Waals surface area contributed by atoms with Gasteiger partial charge in [0.15, 0.2) is 11.5 Å². The molecule has 1 amide bonds. The van der Waals surface area contributed by atoms with Crippen LogP contribution in [0.5, 0.6) is 11.5 Å². The topological polar surface area (TPSA) is 38.8 Å². The molecule has 0 atom stereocenters. The van der Waals surface area contributed by atoms with Crippen LogP contribution in [0.15, 0.2) is 46.9 Å². The summed E-state index contributed by atoms with van der Waals surface area (Å²) < 4.78 is 12.1. The highest BCUT2D eigenvalue weighted by atomic mass is 79.9. The molecule has 24 heavy (non-hydrogen) atoms. The highest BCUT2D eigenvalue weighted by molar-refractivity contribution is 9.10. The number of hydrogen-bond acceptors (Lipinski definition) is 3. The molecule has 0 spiro atoms. The van der Waals surface area contributed by atoms with E-state index < -0.39 is 0 Å². The average Bonchev–Trinajstić information content (AvgIpc) is 2.56. The molecule has 0 radical (unpaired) electrons. The summed E-state index contributed by atoms with van der Waals surface area (Å²) in [5.74, 6) is 1.14. The molecule has 4 nitrogen and oxygen atoms in total. The van der Waals surface area contributed by atoms with Crippen LogP contribution in [0.3, 0.4) is 0 Å². The number of halogens is 1. The van der Waals surface area contributed by atoms with E-state index in [1.807, 2.05) is 38.1 Å². The molecular weight excluding hydrogens is 370 g/mol. The van der Waals surface area contributed by atoms with Crippen LogP contribution in [-0.4, -0.2) is 31.1 Å². The lowest BCUT2D eigenvalue weighted by Gasteiger charge is -2.19. The molecule has 0 saturated heterocycles. The maximum absolute atomic E-state index is 12.6. The molecule has 0 aromatic heterocycles. The number of rotatable bonds is 6. The first-order valence-corrected chi connectivity index (χ1v) is 8.54. The third kappa shape index (κ3) is 4.74. The average molecular weight is 392 g/mol. The standard InChI is InChI=1S/C19H22BrNO3/c1-13(2)24-17-10-7-15(11-18(17)23-4)19(22)21(3)12-14-5-8-16(20)9-6-14/h5-11,13H,12H2,1-4H3. The summed E-state index contributed by atoms with van der Waals surface area (Å²) in [6, 6.07) is 13.2. The van der Waals surface area contributed by atoms with Crippen LogP contribution < -0.4 is 9.47 Å². The highest BCUT2D eigenvalue weighted by Gasteiger charge is 2.15. The lowest BCUT2D eigenvalue weighted by Crippen LogP contribution is -2.26. The lowest BCUT2D eigenvalue weighted by molar-refractivity contribution is 0.0784. The first kappa shape index (κ1) is 18.3. The minimum atomic E-state index is -0.0627. The Balaban J connectivity index is 2.14. The summed E-state index contributed by atoms with van der Waals surface area (Å²) >= 11 is 3.41. The fourth-order valence-corrected chi connectivity index (χ4v) is 2.57. The summed E-state index contributed by atoms with van der Waals surface area (Å²) in [4.78, 5) is 14.3. The number of carbonyl (C=O) groups is 1. The van der Waals surface area contributed by atoms with Gasteiger partial charge >= 0.3 is 0 Å². The maximum Gasteiger partial charge on any atom is 0.254 e. The van der Waals surface area contributed by atoms with Crippen molar-refractivity contribution in [2.75, 3.05) is 14.2 Å². The van der Waals surface area contributed by atoms with Gasteiger partial charge in [0.25, 0.3) is 5.91 Å². The van der Waals surface area contributed by atoms with Gasteiger partial charge in [-0.05, 0) is 49.7 Å². The van der Waals surface area contributed by atoms with E-state index in [0.717, 1.165) is 10.0 Å². The third-order valence-electron chi connectivity index (χ3n) is 3.45. The fraction of sp³-hybridized carbons (Fsp3) is 0.316. The van der Waals surface area contributed by atoms with Crippen molar-refractivity contribution >= 4 is 21.8 Å². The van der Waals surface area contributed by atoms with Crippen LogP contribution in [0.25, 0.3) is 0 Å². The lowest BCUT2D eigenvalue weighted by atomic mass is 10.1. The fourth-order valence-electron chi connectivity index (χ4n) is 2.31. The summed E-state index contributed by atoms with van der Waals surface area (Å²) in [5, 5.41) is 0. The van der Waals surface area contributed by atoms with Gasteiger partial charge in [-0.3, -0.25) is 4.79 Å². The maximum atomic E-state index is 12.6. The first-order chi connectivity index (χ1) is 11.4. The SMILES string of the molecule is COc1cc(C(=O)N(C)Cc2ccc(Br)cc2)ccc1OC(C)C. The van der Waals surface area contributed by atoms with Gasteiger partial charge in [0.1, 0.15) is 0 Å². The quantitative estimate of drug-likeness (QED) is 0.726. The zero-order valence-electron chi connectivity index (χ0n) is 14.4. The predicted octanol–water partition coefficient (Wildman–Crippen LogP) is 4.52. The van der Waals surface area contributed by atoms with Crippen molar-refractivity contribution in [3.8, 4) is 11.5 Å². The Labute approximate surface area is 151 Å². The van der Waals surface area contributed by atoms with E-state index in [1.165, 1.54) is 0 Å². The van der Waals surface area contributed by atoms with Gasteiger partial charge in [-0.25, -0.2) is 0 Å². The minimum absolute atomic E-state index is 0.0422. The number of benzene rings is 2. The monoisotopic (exact) mass is 391 g/mol. The molecule has 0 saturated carbocycles. The number of carbonyl (C=O) groups excluding carboxylic acids is 1. The van der Waals surface area contributed by atoms with Crippen LogP contribution >= 0.6 is 15.9 Å². The number of nitrogens with zero attached hydrogens (tertiary/aromatic N) is 1. The van der Waals surface area contributed by atoms with E-state index in [0.29, 0.717) is 23.6 Å². The third-order valence-corrected chi connectivity index (χ3v) is 3.98. The van der Waals surface area contributed by atoms with E-state index in [4.69, 9.17) is 9.47 Å². The zero-order valence-corrected chi connectivity index (χ0v) is 16.0. The Morgan fingerprint density at radius 3 is 2.38 bits per heavy atom. The molecule has 0 aliphatic rings. The van der Waals surface area contributed by atoms with Crippen molar-refractivity contribution in [2.24, 2.45) is 0 Å². The van der Waals surface area contributed by atoms with Crippen molar-refractivity contribution < 1.29 is 14.3 Å². The van der Waals surface area contributed by atoms with Crippen molar-refractivity contribution in [3.05, 3.63) is 58.1 Å². The summed E-state index contributed by atoms with van der Waals surface area (Å²) in [6.45, 7) is 4.44. The molecule has 0 bridgehead atoms. The minimum Gasteiger partial charge on any atom is -0.493 e.